The summed E-state index contributed by atoms with van der Waals surface area (Å²) in [6.07, 6.45) is 1.75. The third-order valence-electron chi connectivity index (χ3n) is 8.97. The second-order valence-electron chi connectivity index (χ2n) is 13.3. The van der Waals surface area contributed by atoms with Crippen LogP contribution >= 0.6 is 0 Å². The predicted molar refractivity (Wildman–Crippen MR) is 159 cm³/mol. The van der Waals surface area contributed by atoms with Crippen molar-refractivity contribution in [2.24, 2.45) is 5.92 Å². The molecular weight excluding hydrogens is 536 g/mol. The molecule has 42 heavy (non-hydrogen) atoms. The number of aromatic hydroxyl groups is 1. The Morgan fingerprint density at radius 2 is 1.90 bits per heavy atom. The molecule has 1 aromatic carbocycles. The summed E-state index contributed by atoms with van der Waals surface area (Å²) in [5.74, 6) is 1.67. The molecule has 0 radical (unpaired) electrons. The van der Waals surface area contributed by atoms with Crippen LogP contribution in [0.15, 0.2) is 24.5 Å². The normalized spacial score (nSPS) is 26.6. The quantitative estimate of drug-likeness (QED) is 0.209. The van der Waals surface area contributed by atoms with Crippen LogP contribution in [-0.4, -0.2) is 86.6 Å². The fraction of sp³-hybridized carbons (Fsp3) is 0.600. The molecular formula is C30H42N8O4. The molecule has 0 bridgehead atoms. The van der Waals surface area contributed by atoms with Gasteiger partial charge in [-0.05, 0) is 62.1 Å². The lowest BCUT2D eigenvalue weighted by Crippen LogP contribution is -2.52. The summed E-state index contributed by atoms with van der Waals surface area (Å²) in [7, 11) is 0. The van der Waals surface area contributed by atoms with E-state index in [0.29, 0.717) is 24.0 Å². The Balaban J connectivity index is 1.06. The van der Waals surface area contributed by atoms with Crippen molar-refractivity contribution in [3.8, 4) is 6.01 Å². The Kier molecular flexibility index (Phi) is 7.37. The maximum Gasteiger partial charge on any atom is 0.317 e. The van der Waals surface area contributed by atoms with Crippen LogP contribution in [0.3, 0.4) is 0 Å². The van der Waals surface area contributed by atoms with Gasteiger partial charge in [-0.1, -0.05) is 26.8 Å². The van der Waals surface area contributed by atoms with Crippen molar-refractivity contribution < 1.29 is 20.1 Å². The number of H-pyrrole nitrogens is 1. The number of hydrogen-bond acceptors (Lipinski definition) is 10. The number of aryl methyl sites for hydroxylation is 1. The fourth-order valence-corrected chi connectivity index (χ4v) is 6.40. The van der Waals surface area contributed by atoms with E-state index in [0.717, 1.165) is 42.5 Å². The van der Waals surface area contributed by atoms with Crippen molar-refractivity contribution in [1.29, 1.82) is 0 Å². The second kappa shape index (κ2) is 10.7. The number of hydrogen-bond donors (Lipinski definition) is 5. The van der Waals surface area contributed by atoms with Gasteiger partial charge in [0, 0.05) is 25.0 Å². The summed E-state index contributed by atoms with van der Waals surface area (Å²) in [4.78, 5) is 22.7. The van der Waals surface area contributed by atoms with E-state index in [2.05, 4.69) is 77.7 Å². The average Bonchev–Trinajstić information content (AvgIpc) is 3.57. The number of aliphatic hydroxyl groups excluding tert-OH is 2. The zero-order valence-corrected chi connectivity index (χ0v) is 24.9. The number of aromatic amines is 1. The molecule has 1 saturated heterocycles. The summed E-state index contributed by atoms with van der Waals surface area (Å²) in [6, 6.07) is 6.64. The Morgan fingerprint density at radius 1 is 1.14 bits per heavy atom. The van der Waals surface area contributed by atoms with Crippen LogP contribution in [0.1, 0.15) is 71.5 Å². The van der Waals surface area contributed by atoms with Crippen molar-refractivity contribution in [3.05, 3.63) is 35.9 Å². The first-order chi connectivity index (χ1) is 19.9. The molecule has 4 aromatic rings. The molecule has 2 aliphatic rings. The smallest absolute Gasteiger partial charge is 0.317 e. The molecule has 12 nitrogen and oxygen atoms in total. The third kappa shape index (κ3) is 5.32. The summed E-state index contributed by atoms with van der Waals surface area (Å²) in [5, 5.41) is 31.7. The highest BCUT2D eigenvalue weighted by Crippen LogP contribution is 2.38. The molecule has 4 atom stereocenters. The van der Waals surface area contributed by atoms with Crippen molar-refractivity contribution in [2.75, 3.05) is 12.3 Å². The van der Waals surface area contributed by atoms with Crippen LogP contribution in [0, 0.1) is 5.92 Å². The molecule has 12 heteroatoms. The number of ether oxygens (including phenoxy) is 1. The van der Waals surface area contributed by atoms with E-state index in [9.17, 15) is 15.3 Å². The first-order valence-electron chi connectivity index (χ1n) is 14.8. The number of anilines is 1. The van der Waals surface area contributed by atoms with Crippen LogP contribution in [-0.2, 0) is 16.6 Å². The van der Waals surface area contributed by atoms with Crippen LogP contribution in [0.5, 0.6) is 6.01 Å². The molecule has 0 amide bonds. The monoisotopic (exact) mass is 578 g/mol. The number of benzene rings is 1. The van der Waals surface area contributed by atoms with Gasteiger partial charge in [0.1, 0.15) is 24.1 Å². The molecule has 2 fully saturated rings. The number of aliphatic hydroxyl groups is 2. The van der Waals surface area contributed by atoms with Gasteiger partial charge in [0.05, 0.1) is 17.4 Å². The number of nitrogen functional groups attached to an aromatic ring is 1. The topological polar surface area (TPSA) is 171 Å². The zero-order chi connectivity index (χ0) is 29.9. The second-order valence-corrected chi connectivity index (χ2v) is 13.3. The lowest BCUT2D eigenvalue weighted by Gasteiger charge is -2.46. The molecule has 1 aliphatic carbocycles. The first-order valence-corrected chi connectivity index (χ1v) is 14.8. The molecule has 0 spiro atoms. The van der Waals surface area contributed by atoms with E-state index < -0.39 is 30.6 Å². The fourth-order valence-electron chi connectivity index (χ4n) is 6.40. The minimum Gasteiger partial charge on any atom is -0.479 e. The predicted octanol–water partition coefficient (Wildman–Crippen LogP) is 3.03. The molecule has 1 aliphatic heterocycles. The standard InChI is InChI=1S/C30H42N8O4/c1-15(2)37(13-21-24(39)25(40)28(42-21)38-14-32-23-26(31)35-29(41)36-27(23)38)18-10-16(11-18)6-9-22-33-19-8-7-17(30(3,4)5)12-20(19)34-22/h7-8,12,14-16,18,21,24-25,28,39-40H,6,9-11,13H2,1-5H3,(H,33,34)(H3,31,35,36,41)/t16-,18-,21-,24-,25-,28-/m1/s1. The van der Waals surface area contributed by atoms with Gasteiger partial charge in [-0.15, -0.1) is 0 Å². The van der Waals surface area contributed by atoms with Crippen LogP contribution in [0.2, 0.25) is 0 Å². The number of nitrogens with zero attached hydrogens (tertiary/aromatic N) is 6. The van der Waals surface area contributed by atoms with Gasteiger partial charge in [0.2, 0.25) is 0 Å². The van der Waals surface area contributed by atoms with Crippen molar-refractivity contribution in [2.45, 2.75) is 102 Å². The summed E-state index contributed by atoms with van der Waals surface area (Å²) in [5.41, 5.74) is 9.89. The number of aromatic nitrogens is 6. The SMILES string of the molecule is CC(C)N(C[C@H]1O[C@@H](n2cnc3c(N)nc(O)nc32)[C@H](O)[C@@H]1O)[C@H]1C[C@H](CCc2nc3cc(C(C)(C)C)ccc3[nH]2)C1. The van der Waals surface area contributed by atoms with Crippen LogP contribution in [0.25, 0.3) is 22.2 Å². The van der Waals surface area contributed by atoms with Gasteiger partial charge in [-0.3, -0.25) is 9.47 Å². The minimum absolute atomic E-state index is 0.0290. The molecule has 4 heterocycles. The van der Waals surface area contributed by atoms with Crippen molar-refractivity contribution >= 4 is 28.0 Å². The summed E-state index contributed by atoms with van der Waals surface area (Å²) < 4.78 is 7.68. The molecule has 0 unspecified atom stereocenters. The lowest BCUT2D eigenvalue weighted by atomic mass is 9.76. The largest absolute Gasteiger partial charge is 0.479 e. The van der Waals surface area contributed by atoms with Gasteiger partial charge >= 0.3 is 6.01 Å². The van der Waals surface area contributed by atoms with E-state index in [1.54, 1.807) is 0 Å². The Bertz CT molecular complexity index is 1570. The number of rotatable bonds is 8. The minimum atomic E-state index is -1.20. The number of fused-ring (bicyclic) bond motifs is 2. The van der Waals surface area contributed by atoms with Crippen LogP contribution in [0.4, 0.5) is 5.82 Å². The summed E-state index contributed by atoms with van der Waals surface area (Å²) in [6.45, 7) is 11.4. The highest BCUT2D eigenvalue weighted by Gasteiger charge is 2.46. The van der Waals surface area contributed by atoms with Gasteiger partial charge in [0.25, 0.3) is 0 Å². The van der Waals surface area contributed by atoms with Gasteiger partial charge < -0.3 is 30.8 Å². The Hall–Kier alpha value is -3.32. The van der Waals surface area contributed by atoms with E-state index in [4.69, 9.17) is 15.5 Å². The maximum atomic E-state index is 10.9. The molecule has 226 valence electrons. The Labute approximate surface area is 245 Å². The Morgan fingerprint density at radius 3 is 2.62 bits per heavy atom. The third-order valence-corrected chi connectivity index (χ3v) is 8.97. The van der Waals surface area contributed by atoms with E-state index in [-0.39, 0.29) is 22.9 Å². The lowest BCUT2D eigenvalue weighted by molar-refractivity contribution is -0.0620. The number of nitrogens with one attached hydrogen (secondary N) is 1. The van der Waals surface area contributed by atoms with E-state index >= 15 is 0 Å². The maximum absolute atomic E-state index is 10.9. The highest BCUT2D eigenvalue weighted by atomic mass is 16.6. The van der Waals surface area contributed by atoms with Crippen molar-refractivity contribution in [1.82, 2.24) is 34.4 Å². The first kappa shape index (κ1) is 28.8. The molecule has 6 rings (SSSR count). The van der Waals surface area contributed by atoms with Crippen molar-refractivity contribution in [3.63, 3.8) is 0 Å². The zero-order valence-electron chi connectivity index (χ0n) is 24.9. The highest BCUT2D eigenvalue weighted by molar-refractivity contribution is 5.82. The van der Waals surface area contributed by atoms with Crippen LogP contribution < -0.4 is 5.73 Å². The van der Waals surface area contributed by atoms with E-state index in [1.165, 1.54) is 16.5 Å². The van der Waals surface area contributed by atoms with Gasteiger partial charge in [0.15, 0.2) is 23.2 Å². The average molecular weight is 579 g/mol. The van der Waals surface area contributed by atoms with E-state index in [1.807, 2.05) is 0 Å². The molecule has 6 N–H and O–H groups in total. The summed E-state index contributed by atoms with van der Waals surface area (Å²) >= 11 is 0. The molecule has 3 aromatic heterocycles. The number of nitrogens with two attached hydrogens (primary N) is 1. The number of imidazole rings is 2. The van der Waals surface area contributed by atoms with Gasteiger partial charge in [-0.25, -0.2) is 9.97 Å². The molecule has 1 saturated carbocycles. The van der Waals surface area contributed by atoms with Gasteiger partial charge in [-0.2, -0.15) is 9.97 Å².